The van der Waals surface area contributed by atoms with Gasteiger partial charge in [0.2, 0.25) is 0 Å². The van der Waals surface area contributed by atoms with Crippen LogP contribution in [0.2, 0.25) is 0 Å². The number of hydrogen-bond acceptors (Lipinski definition) is 2. The highest BCUT2D eigenvalue weighted by Crippen LogP contribution is 2.20. The summed E-state index contributed by atoms with van der Waals surface area (Å²) in [6.45, 7) is 4.00. The minimum absolute atomic E-state index is 0.0289. The van der Waals surface area contributed by atoms with Crippen molar-refractivity contribution in [3.8, 4) is 0 Å². The SMILES string of the molecule is CC.O=S([O-])C1CCCCC1. The van der Waals surface area contributed by atoms with Gasteiger partial charge in [-0.1, -0.05) is 44.2 Å². The highest BCUT2D eigenvalue weighted by Gasteiger charge is 2.12. The molecule has 0 aromatic rings. The second-order valence-corrected chi connectivity index (χ2v) is 3.71. The van der Waals surface area contributed by atoms with E-state index >= 15 is 0 Å². The molecular formula is C8H17O2S-. The largest absolute Gasteiger partial charge is 0.772 e. The molecule has 1 aliphatic carbocycles. The van der Waals surface area contributed by atoms with E-state index in [1.807, 2.05) is 13.8 Å². The van der Waals surface area contributed by atoms with E-state index in [0.717, 1.165) is 25.7 Å². The van der Waals surface area contributed by atoms with Crippen molar-refractivity contribution in [2.45, 2.75) is 51.2 Å². The molecule has 68 valence electrons. The fraction of sp³-hybridized carbons (Fsp3) is 1.00. The van der Waals surface area contributed by atoms with Crippen LogP contribution >= 0.6 is 0 Å². The molecule has 0 saturated heterocycles. The maximum absolute atomic E-state index is 10.4. The Labute approximate surface area is 71.7 Å². The van der Waals surface area contributed by atoms with Gasteiger partial charge >= 0.3 is 0 Å². The zero-order valence-corrected chi connectivity index (χ0v) is 8.15. The molecule has 1 atom stereocenters. The highest BCUT2D eigenvalue weighted by molar-refractivity contribution is 7.79. The predicted molar refractivity (Wildman–Crippen MR) is 47.1 cm³/mol. The summed E-state index contributed by atoms with van der Waals surface area (Å²) in [6, 6.07) is 0. The molecule has 0 aromatic heterocycles. The fourth-order valence-corrected chi connectivity index (χ4v) is 1.98. The summed E-state index contributed by atoms with van der Waals surface area (Å²) in [5, 5.41) is -0.0289. The first-order valence-electron chi connectivity index (χ1n) is 4.39. The minimum atomic E-state index is -1.80. The second-order valence-electron chi connectivity index (χ2n) is 2.52. The fourth-order valence-electron chi connectivity index (χ4n) is 1.26. The first-order chi connectivity index (χ1) is 5.30. The van der Waals surface area contributed by atoms with Gasteiger partial charge in [0.05, 0.1) is 0 Å². The van der Waals surface area contributed by atoms with Crippen molar-refractivity contribution in [1.29, 1.82) is 0 Å². The Balaban J connectivity index is 0.000000461. The minimum Gasteiger partial charge on any atom is -0.772 e. The molecular weight excluding hydrogens is 160 g/mol. The van der Waals surface area contributed by atoms with Crippen molar-refractivity contribution in [3.63, 3.8) is 0 Å². The van der Waals surface area contributed by atoms with E-state index in [2.05, 4.69) is 0 Å². The average molecular weight is 177 g/mol. The molecule has 0 amide bonds. The molecule has 0 spiro atoms. The van der Waals surface area contributed by atoms with Gasteiger partial charge in [0, 0.05) is 5.25 Å². The molecule has 0 aliphatic heterocycles. The van der Waals surface area contributed by atoms with Gasteiger partial charge in [-0.05, 0) is 12.8 Å². The van der Waals surface area contributed by atoms with Gasteiger partial charge in [0.15, 0.2) is 0 Å². The summed E-state index contributed by atoms with van der Waals surface area (Å²) in [6.07, 6.45) is 5.18. The molecule has 1 aliphatic rings. The van der Waals surface area contributed by atoms with E-state index < -0.39 is 11.1 Å². The van der Waals surface area contributed by atoms with Crippen molar-refractivity contribution in [2.24, 2.45) is 0 Å². The van der Waals surface area contributed by atoms with Crippen LogP contribution in [0.15, 0.2) is 0 Å². The maximum Gasteiger partial charge on any atom is 0.0215 e. The number of rotatable bonds is 1. The highest BCUT2D eigenvalue weighted by atomic mass is 32.2. The van der Waals surface area contributed by atoms with Crippen molar-refractivity contribution in [1.82, 2.24) is 0 Å². The average Bonchev–Trinajstić information content (AvgIpc) is 2.10. The van der Waals surface area contributed by atoms with Crippen LogP contribution in [0.3, 0.4) is 0 Å². The Bertz CT molecular complexity index is 109. The molecule has 1 rings (SSSR count). The smallest absolute Gasteiger partial charge is 0.0215 e. The lowest BCUT2D eigenvalue weighted by Gasteiger charge is -2.23. The van der Waals surface area contributed by atoms with Gasteiger partial charge in [-0.25, -0.2) is 0 Å². The zero-order valence-electron chi connectivity index (χ0n) is 7.34. The van der Waals surface area contributed by atoms with Crippen molar-refractivity contribution in [3.05, 3.63) is 0 Å². The van der Waals surface area contributed by atoms with E-state index in [0.29, 0.717) is 0 Å². The summed E-state index contributed by atoms with van der Waals surface area (Å²) in [4.78, 5) is 0. The third-order valence-electron chi connectivity index (χ3n) is 1.82. The van der Waals surface area contributed by atoms with Gasteiger partial charge in [-0.15, -0.1) is 0 Å². The molecule has 1 saturated carbocycles. The van der Waals surface area contributed by atoms with E-state index in [4.69, 9.17) is 0 Å². The molecule has 0 aromatic carbocycles. The van der Waals surface area contributed by atoms with Crippen LogP contribution in [-0.4, -0.2) is 14.0 Å². The molecule has 1 fully saturated rings. The van der Waals surface area contributed by atoms with E-state index in [1.54, 1.807) is 0 Å². The molecule has 2 nitrogen and oxygen atoms in total. The third kappa shape index (κ3) is 4.53. The lowest BCUT2D eigenvalue weighted by atomic mass is 10.0. The van der Waals surface area contributed by atoms with Crippen LogP contribution in [0.4, 0.5) is 0 Å². The Morgan fingerprint density at radius 3 is 1.91 bits per heavy atom. The zero-order chi connectivity index (χ0) is 8.69. The molecule has 0 heterocycles. The first kappa shape index (κ1) is 11.1. The van der Waals surface area contributed by atoms with Crippen LogP contribution in [0.1, 0.15) is 46.0 Å². The van der Waals surface area contributed by atoms with Gasteiger partial charge in [-0.3, -0.25) is 4.21 Å². The summed E-state index contributed by atoms with van der Waals surface area (Å²) in [7, 11) is 0. The van der Waals surface area contributed by atoms with E-state index in [9.17, 15) is 8.76 Å². The van der Waals surface area contributed by atoms with Gasteiger partial charge in [0.1, 0.15) is 0 Å². The van der Waals surface area contributed by atoms with Crippen molar-refractivity contribution >= 4 is 11.1 Å². The molecule has 0 N–H and O–H groups in total. The Morgan fingerprint density at radius 2 is 1.64 bits per heavy atom. The Kier molecular flexibility index (Phi) is 6.87. The van der Waals surface area contributed by atoms with Crippen LogP contribution < -0.4 is 0 Å². The van der Waals surface area contributed by atoms with Crippen LogP contribution in [-0.2, 0) is 11.1 Å². The predicted octanol–water partition coefficient (Wildman–Crippen LogP) is 2.22. The first-order valence-corrected chi connectivity index (χ1v) is 5.52. The maximum atomic E-state index is 10.4. The normalized spacial score (nSPS) is 21.7. The van der Waals surface area contributed by atoms with Gasteiger partial charge in [-0.2, -0.15) is 0 Å². The lowest BCUT2D eigenvalue weighted by molar-refractivity contribution is 0.461. The topological polar surface area (TPSA) is 40.1 Å². The summed E-state index contributed by atoms with van der Waals surface area (Å²) < 4.78 is 20.7. The van der Waals surface area contributed by atoms with Crippen molar-refractivity contribution < 1.29 is 8.76 Å². The molecule has 0 radical (unpaired) electrons. The lowest BCUT2D eigenvalue weighted by Crippen LogP contribution is -2.17. The van der Waals surface area contributed by atoms with Crippen molar-refractivity contribution in [2.75, 3.05) is 0 Å². The molecule has 1 unspecified atom stereocenters. The molecule has 0 bridgehead atoms. The molecule has 11 heavy (non-hydrogen) atoms. The molecule has 3 heteroatoms. The third-order valence-corrected chi connectivity index (χ3v) is 2.84. The number of hydrogen-bond donors (Lipinski definition) is 0. The Morgan fingerprint density at radius 1 is 1.18 bits per heavy atom. The standard InChI is InChI=1S/C6H12O2S.C2H6/c7-9(8)6-4-2-1-3-5-6;1-2/h6H,1-5H2,(H,7,8);1-2H3/p-1. The summed E-state index contributed by atoms with van der Waals surface area (Å²) in [5.41, 5.74) is 0. The van der Waals surface area contributed by atoms with Gasteiger partial charge in [0.25, 0.3) is 0 Å². The summed E-state index contributed by atoms with van der Waals surface area (Å²) in [5.74, 6) is 0. The van der Waals surface area contributed by atoms with E-state index in [-0.39, 0.29) is 5.25 Å². The van der Waals surface area contributed by atoms with Gasteiger partial charge < -0.3 is 4.55 Å². The van der Waals surface area contributed by atoms with Crippen LogP contribution in [0, 0.1) is 0 Å². The van der Waals surface area contributed by atoms with E-state index in [1.165, 1.54) is 6.42 Å². The quantitative estimate of drug-likeness (QED) is 0.576. The second kappa shape index (κ2) is 6.80. The summed E-state index contributed by atoms with van der Waals surface area (Å²) >= 11 is -1.80. The monoisotopic (exact) mass is 177 g/mol. The van der Waals surface area contributed by atoms with Crippen LogP contribution in [0.25, 0.3) is 0 Å². The Hall–Kier alpha value is 0.110. The van der Waals surface area contributed by atoms with Crippen LogP contribution in [0.5, 0.6) is 0 Å².